The third-order valence-corrected chi connectivity index (χ3v) is 9.16. The number of hydrogen-bond acceptors (Lipinski definition) is 3. The van der Waals surface area contributed by atoms with Gasteiger partial charge in [0.1, 0.15) is 5.60 Å². The standard InChI is InChI=1S/C21H30O3/c1-18-9-6-14(22)12-13(18)4-5-15-16(18)7-10-19(2)17(15)8-11-21(19)20(3,23)24-21/h12,15-17,23H,4-11H2,1-3H3/t15-,16+,17+,18+,19+,20+,21-/m1/s1. The summed E-state index contributed by atoms with van der Waals surface area (Å²) in [4.78, 5) is 11.9. The summed E-state index contributed by atoms with van der Waals surface area (Å²) in [5.41, 5.74) is 1.52. The maximum absolute atomic E-state index is 11.9. The number of carbonyl (C=O) groups excluding carboxylic acids is 1. The minimum Gasteiger partial charge on any atom is -0.363 e. The Kier molecular flexibility index (Phi) is 2.82. The smallest absolute Gasteiger partial charge is 0.193 e. The van der Waals surface area contributed by atoms with E-state index < -0.39 is 5.79 Å². The van der Waals surface area contributed by atoms with Crippen molar-refractivity contribution in [2.24, 2.45) is 28.6 Å². The van der Waals surface area contributed by atoms with Crippen LogP contribution in [0.2, 0.25) is 0 Å². The van der Waals surface area contributed by atoms with Crippen molar-refractivity contribution in [1.82, 2.24) is 0 Å². The van der Waals surface area contributed by atoms with Gasteiger partial charge in [0.05, 0.1) is 0 Å². The zero-order valence-electron chi connectivity index (χ0n) is 15.2. The van der Waals surface area contributed by atoms with Gasteiger partial charge in [-0.3, -0.25) is 4.79 Å². The molecule has 24 heavy (non-hydrogen) atoms. The zero-order valence-corrected chi connectivity index (χ0v) is 15.2. The number of carbonyl (C=O) groups is 1. The van der Waals surface area contributed by atoms with Gasteiger partial charge in [0.25, 0.3) is 0 Å². The molecule has 132 valence electrons. The fourth-order valence-electron chi connectivity index (χ4n) is 7.80. The summed E-state index contributed by atoms with van der Waals surface area (Å²) in [5.74, 6) is 1.54. The van der Waals surface area contributed by atoms with Crippen molar-refractivity contribution in [2.45, 2.75) is 83.5 Å². The van der Waals surface area contributed by atoms with E-state index in [1.807, 2.05) is 13.0 Å². The number of ether oxygens (including phenoxy) is 1. The van der Waals surface area contributed by atoms with E-state index in [4.69, 9.17) is 4.74 Å². The molecular formula is C21H30O3. The van der Waals surface area contributed by atoms with Crippen molar-refractivity contribution in [3.05, 3.63) is 11.6 Å². The maximum Gasteiger partial charge on any atom is 0.193 e. The molecule has 1 aliphatic heterocycles. The van der Waals surface area contributed by atoms with Crippen LogP contribution in [0.4, 0.5) is 0 Å². The van der Waals surface area contributed by atoms with E-state index in [1.165, 1.54) is 24.8 Å². The molecule has 1 heterocycles. The topological polar surface area (TPSA) is 49.8 Å². The van der Waals surface area contributed by atoms with Crippen LogP contribution >= 0.6 is 0 Å². The lowest BCUT2D eigenvalue weighted by Crippen LogP contribution is -2.53. The molecule has 3 nitrogen and oxygen atoms in total. The molecule has 1 N–H and O–H groups in total. The third-order valence-electron chi connectivity index (χ3n) is 9.16. The summed E-state index contributed by atoms with van der Waals surface area (Å²) in [7, 11) is 0. The molecule has 0 aromatic heterocycles. The monoisotopic (exact) mass is 330 g/mol. The minimum absolute atomic E-state index is 0.125. The average molecular weight is 330 g/mol. The number of fused-ring (bicyclic) bond motifs is 6. The Balaban J connectivity index is 1.50. The number of hydrogen-bond donors (Lipinski definition) is 1. The van der Waals surface area contributed by atoms with E-state index in [9.17, 15) is 9.90 Å². The van der Waals surface area contributed by atoms with E-state index >= 15 is 0 Å². The molecule has 0 bridgehead atoms. The van der Waals surface area contributed by atoms with E-state index in [0.717, 1.165) is 38.0 Å². The normalized spacial score (nSPS) is 58.8. The largest absolute Gasteiger partial charge is 0.363 e. The van der Waals surface area contributed by atoms with Crippen molar-refractivity contribution >= 4 is 5.78 Å². The lowest BCUT2D eigenvalue weighted by Gasteiger charge is -2.57. The highest BCUT2D eigenvalue weighted by molar-refractivity contribution is 5.91. The van der Waals surface area contributed by atoms with Crippen molar-refractivity contribution in [1.29, 1.82) is 0 Å². The molecule has 1 saturated heterocycles. The Morgan fingerprint density at radius 3 is 2.46 bits per heavy atom. The van der Waals surface area contributed by atoms with Gasteiger partial charge in [-0.1, -0.05) is 19.4 Å². The first-order chi connectivity index (χ1) is 11.2. The van der Waals surface area contributed by atoms with E-state index in [2.05, 4.69) is 13.8 Å². The summed E-state index contributed by atoms with van der Waals surface area (Å²) in [6.45, 7) is 6.68. The van der Waals surface area contributed by atoms with Crippen LogP contribution in [-0.4, -0.2) is 22.3 Å². The number of epoxide rings is 1. The number of ketones is 1. The predicted molar refractivity (Wildman–Crippen MR) is 91.1 cm³/mol. The molecule has 3 saturated carbocycles. The molecule has 5 rings (SSSR count). The van der Waals surface area contributed by atoms with Crippen LogP contribution in [0.15, 0.2) is 11.6 Å². The summed E-state index contributed by atoms with van der Waals surface area (Å²) in [6.07, 6.45) is 10.7. The Morgan fingerprint density at radius 1 is 1.04 bits per heavy atom. The zero-order chi connectivity index (χ0) is 17.0. The van der Waals surface area contributed by atoms with Crippen molar-refractivity contribution < 1.29 is 14.6 Å². The lowest BCUT2D eigenvalue weighted by molar-refractivity contribution is -0.117. The molecule has 3 heteroatoms. The van der Waals surface area contributed by atoms with Gasteiger partial charge >= 0.3 is 0 Å². The first-order valence-electron chi connectivity index (χ1n) is 9.90. The second-order valence-corrected chi connectivity index (χ2v) is 9.88. The van der Waals surface area contributed by atoms with Crippen molar-refractivity contribution in [3.8, 4) is 0 Å². The van der Waals surface area contributed by atoms with Crippen molar-refractivity contribution in [2.75, 3.05) is 0 Å². The second-order valence-electron chi connectivity index (χ2n) is 9.88. The second kappa shape index (κ2) is 4.35. The van der Waals surface area contributed by atoms with Crippen LogP contribution in [-0.2, 0) is 9.53 Å². The fraction of sp³-hybridized carbons (Fsp3) is 0.857. The van der Waals surface area contributed by atoms with Gasteiger partial charge in [-0.25, -0.2) is 0 Å². The Labute approximate surface area is 144 Å². The van der Waals surface area contributed by atoms with Gasteiger partial charge in [0.15, 0.2) is 11.6 Å². The minimum atomic E-state index is -0.912. The number of aliphatic hydroxyl groups is 1. The molecule has 0 unspecified atom stereocenters. The maximum atomic E-state index is 11.9. The molecule has 0 aromatic rings. The molecule has 0 aromatic carbocycles. The Hall–Kier alpha value is -0.670. The third kappa shape index (κ3) is 1.60. The molecule has 4 aliphatic carbocycles. The van der Waals surface area contributed by atoms with E-state index in [0.29, 0.717) is 17.6 Å². The highest BCUT2D eigenvalue weighted by Gasteiger charge is 2.80. The summed E-state index contributed by atoms with van der Waals surface area (Å²) < 4.78 is 5.95. The van der Waals surface area contributed by atoms with Gasteiger partial charge in [-0.05, 0) is 81.1 Å². The van der Waals surface area contributed by atoms with Gasteiger partial charge < -0.3 is 9.84 Å². The number of rotatable bonds is 0. The Morgan fingerprint density at radius 2 is 1.75 bits per heavy atom. The van der Waals surface area contributed by atoms with Gasteiger partial charge in [-0.2, -0.15) is 0 Å². The highest BCUT2D eigenvalue weighted by Crippen LogP contribution is 2.74. The quantitative estimate of drug-likeness (QED) is 0.683. The molecule has 0 radical (unpaired) electrons. The van der Waals surface area contributed by atoms with Gasteiger partial charge in [0, 0.05) is 11.8 Å². The SMILES string of the molecule is C[C@]12CCC(=O)C=C1CC[C@@H]1[C@@H]2CC[C@@]2(C)[C@H]1CC[C@@]21O[C@]1(C)O. The van der Waals surface area contributed by atoms with Gasteiger partial charge in [0.2, 0.25) is 0 Å². The molecule has 1 spiro atoms. The Bertz CT molecular complexity index is 649. The summed E-state index contributed by atoms with van der Waals surface area (Å²) >= 11 is 0. The highest BCUT2D eigenvalue weighted by atomic mass is 16.8. The van der Waals surface area contributed by atoms with Crippen LogP contribution in [0.3, 0.4) is 0 Å². The molecule has 4 fully saturated rings. The van der Waals surface area contributed by atoms with Gasteiger partial charge in [-0.15, -0.1) is 0 Å². The average Bonchev–Trinajstić information content (AvgIpc) is 2.96. The predicted octanol–water partition coefficient (Wildman–Crippen LogP) is 4.00. The number of allylic oxidation sites excluding steroid dienone is 1. The summed E-state index contributed by atoms with van der Waals surface area (Å²) in [5, 5.41) is 10.6. The molecule has 0 amide bonds. The summed E-state index contributed by atoms with van der Waals surface area (Å²) in [6, 6.07) is 0. The molecule has 5 aliphatic rings. The lowest BCUT2D eigenvalue weighted by atomic mass is 9.46. The van der Waals surface area contributed by atoms with Crippen molar-refractivity contribution in [3.63, 3.8) is 0 Å². The first-order valence-corrected chi connectivity index (χ1v) is 9.90. The fourth-order valence-corrected chi connectivity index (χ4v) is 7.80. The van der Waals surface area contributed by atoms with Crippen LogP contribution in [0.1, 0.15) is 72.1 Å². The van der Waals surface area contributed by atoms with Crippen LogP contribution in [0.25, 0.3) is 0 Å². The van der Waals surface area contributed by atoms with Crippen LogP contribution in [0, 0.1) is 28.6 Å². The van der Waals surface area contributed by atoms with E-state index in [1.54, 1.807) is 0 Å². The first kappa shape index (κ1) is 15.6. The van der Waals surface area contributed by atoms with Crippen LogP contribution < -0.4 is 0 Å². The van der Waals surface area contributed by atoms with E-state index in [-0.39, 0.29) is 16.4 Å². The molecule has 7 atom stereocenters. The molecular weight excluding hydrogens is 300 g/mol. The van der Waals surface area contributed by atoms with Crippen LogP contribution in [0.5, 0.6) is 0 Å².